The summed E-state index contributed by atoms with van der Waals surface area (Å²) >= 11 is 0. The molecular weight excluding hydrogens is 269 g/mol. The number of carbonyl (C=O) groups excluding carboxylic acids is 2. The number of nitrogens with two attached hydrogens (primary N) is 1. The van der Waals surface area contributed by atoms with E-state index in [4.69, 9.17) is 10.8 Å². The molecule has 0 saturated carbocycles. The van der Waals surface area contributed by atoms with Gasteiger partial charge in [-0.15, -0.1) is 0 Å². The maximum atomic E-state index is 10.7. The molecule has 0 fully saturated rings. The van der Waals surface area contributed by atoms with E-state index in [0.717, 1.165) is 0 Å². The van der Waals surface area contributed by atoms with Gasteiger partial charge in [0.15, 0.2) is 12.1 Å². The fourth-order valence-electron chi connectivity index (χ4n) is 1.51. The molecule has 0 amide bonds. The highest BCUT2D eigenvalue weighted by Crippen LogP contribution is 2.00. The summed E-state index contributed by atoms with van der Waals surface area (Å²) in [5.74, 6) is -1.80. The predicted octanol–water partition coefficient (Wildman–Crippen LogP) is -1.96. The van der Waals surface area contributed by atoms with Crippen LogP contribution in [0.3, 0.4) is 0 Å². The number of hydrogen-bond acceptors (Lipinski definition) is 7. The largest absolute Gasteiger partial charge is 0.480 e. The van der Waals surface area contributed by atoms with Crippen LogP contribution in [0.2, 0.25) is 0 Å². The number of nitrogens with one attached hydrogen (secondary N) is 1. The summed E-state index contributed by atoms with van der Waals surface area (Å²) in [6.07, 6.45) is -1.04. The molecule has 0 aliphatic heterocycles. The Hall–Kier alpha value is -1.35. The molecule has 0 radical (unpaired) electrons. The molecule has 3 atom stereocenters. The van der Waals surface area contributed by atoms with Crippen molar-refractivity contribution >= 4 is 18.0 Å². The van der Waals surface area contributed by atoms with Crippen LogP contribution in [0, 0.1) is 0 Å². The Bertz CT molecular complexity index is 323. The normalized spacial score (nSPS) is 15.3. The topological polar surface area (TPSA) is 150 Å². The Morgan fingerprint density at radius 2 is 1.85 bits per heavy atom. The van der Waals surface area contributed by atoms with Gasteiger partial charge < -0.3 is 26.4 Å². The van der Waals surface area contributed by atoms with E-state index in [2.05, 4.69) is 5.32 Å². The fraction of sp³-hybridized carbons (Fsp3) is 0.750. The van der Waals surface area contributed by atoms with Gasteiger partial charge in [0.1, 0.15) is 6.04 Å². The summed E-state index contributed by atoms with van der Waals surface area (Å²) in [5, 5.41) is 30.3. The first-order valence-corrected chi connectivity index (χ1v) is 6.41. The van der Waals surface area contributed by atoms with Crippen LogP contribution >= 0.6 is 0 Å². The minimum atomic E-state index is -1.28. The molecule has 116 valence electrons. The van der Waals surface area contributed by atoms with Crippen LogP contribution in [0.5, 0.6) is 0 Å². The molecule has 0 aliphatic carbocycles. The zero-order chi connectivity index (χ0) is 15.5. The summed E-state index contributed by atoms with van der Waals surface area (Å²) in [5.41, 5.74) is 5.33. The van der Waals surface area contributed by atoms with Gasteiger partial charge in [-0.25, -0.2) is 0 Å². The van der Waals surface area contributed by atoms with Gasteiger partial charge in [-0.05, 0) is 19.4 Å². The molecular formula is C12H22N2O6. The monoisotopic (exact) mass is 291 g/mol. The lowest BCUT2D eigenvalue weighted by Gasteiger charge is -2.17. The van der Waals surface area contributed by atoms with Crippen molar-refractivity contribution in [3.05, 3.63) is 0 Å². The molecule has 0 saturated heterocycles. The molecule has 8 nitrogen and oxygen atoms in total. The third kappa shape index (κ3) is 8.70. The number of aliphatic hydroxyl groups is 2. The lowest BCUT2D eigenvalue weighted by atomic mass is 10.1. The van der Waals surface area contributed by atoms with Crippen LogP contribution < -0.4 is 11.1 Å². The van der Waals surface area contributed by atoms with Gasteiger partial charge in [0.05, 0.1) is 12.2 Å². The first-order valence-electron chi connectivity index (χ1n) is 6.41. The molecule has 0 aromatic rings. The lowest BCUT2D eigenvalue weighted by Crippen LogP contribution is -2.38. The highest BCUT2D eigenvalue weighted by atomic mass is 16.4. The number of rotatable bonds is 12. The summed E-state index contributed by atoms with van der Waals surface area (Å²) in [6.45, 7) is 0.607. The van der Waals surface area contributed by atoms with Crippen molar-refractivity contribution in [3.63, 3.8) is 0 Å². The SMILES string of the molecule is N[C@@H](CCCCN[13CH2][C@H](O)[C@@H](O)CC(=O)C=O)C(=O)O. The van der Waals surface area contributed by atoms with Crippen molar-refractivity contribution in [2.45, 2.75) is 43.9 Å². The molecule has 0 aromatic carbocycles. The Morgan fingerprint density at radius 1 is 1.20 bits per heavy atom. The van der Waals surface area contributed by atoms with Crippen molar-refractivity contribution in [3.8, 4) is 0 Å². The first-order chi connectivity index (χ1) is 9.38. The van der Waals surface area contributed by atoms with Crippen molar-refractivity contribution in [2.24, 2.45) is 5.73 Å². The predicted molar refractivity (Wildman–Crippen MR) is 70.0 cm³/mol. The van der Waals surface area contributed by atoms with E-state index < -0.39 is 36.4 Å². The van der Waals surface area contributed by atoms with Crippen LogP contribution in [-0.4, -0.2) is 64.7 Å². The number of aliphatic hydroxyl groups excluding tert-OH is 2. The molecule has 0 spiro atoms. The third-order valence-electron chi connectivity index (χ3n) is 2.78. The standard InChI is InChI=1S/C12H22N2O6/c13-9(12(19)20)3-1-2-4-14-6-11(18)10(17)5-8(16)7-15/h7,9-11,14,17-18H,1-6,13H2,(H,19,20)/t9-,10-,11-/m0/s1/i6+1. The number of carboxylic acid groups (broad SMARTS) is 1. The van der Waals surface area contributed by atoms with Gasteiger partial charge >= 0.3 is 5.97 Å². The molecule has 0 aliphatic rings. The van der Waals surface area contributed by atoms with Crippen LogP contribution in [0.25, 0.3) is 0 Å². The van der Waals surface area contributed by atoms with E-state index in [0.29, 0.717) is 25.8 Å². The van der Waals surface area contributed by atoms with E-state index in [9.17, 15) is 24.6 Å². The summed E-state index contributed by atoms with van der Waals surface area (Å²) in [6, 6.07) is -0.864. The molecule has 20 heavy (non-hydrogen) atoms. The number of carbonyl (C=O) groups is 3. The zero-order valence-electron chi connectivity index (χ0n) is 11.2. The van der Waals surface area contributed by atoms with Crippen molar-refractivity contribution in [1.29, 1.82) is 0 Å². The second-order valence-electron chi connectivity index (χ2n) is 4.57. The maximum absolute atomic E-state index is 10.7. The first kappa shape index (κ1) is 18.7. The van der Waals surface area contributed by atoms with Gasteiger partial charge in [0.2, 0.25) is 0 Å². The van der Waals surface area contributed by atoms with Gasteiger partial charge in [0.25, 0.3) is 0 Å². The minimum Gasteiger partial charge on any atom is -0.480 e. The van der Waals surface area contributed by atoms with Crippen LogP contribution in [0.4, 0.5) is 0 Å². The average molecular weight is 291 g/mol. The van der Waals surface area contributed by atoms with Crippen LogP contribution in [0.1, 0.15) is 25.7 Å². The molecule has 8 heteroatoms. The van der Waals surface area contributed by atoms with E-state index >= 15 is 0 Å². The van der Waals surface area contributed by atoms with E-state index in [1.165, 1.54) is 0 Å². The molecule has 0 unspecified atom stereocenters. The number of Topliss-reactive ketones (excluding diaryl/α,β-unsaturated/α-hetero) is 1. The number of aliphatic carboxylic acids is 1. The second kappa shape index (κ2) is 10.4. The van der Waals surface area contributed by atoms with Gasteiger partial charge in [-0.3, -0.25) is 14.4 Å². The molecule has 0 rings (SSSR count). The number of aldehydes is 1. The molecule has 0 aromatic heterocycles. The van der Waals surface area contributed by atoms with E-state index in [1.807, 2.05) is 0 Å². The average Bonchev–Trinajstić information content (AvgIpc) is 2.41. The Kier molecular flexibility index (Phi) is 9.73. The highest BCUT2D eigenvalue weighted by molar-refractivity contribution is 6.25. The molecule has 0 bridgehead atoms. The van der Waals surface area contributed by atoms with Gasteiger partial charge in [0, 0.05) is 13.0 Å². The van der Waals surface area contributed by atoms with Crippen LogP contribution in [-0.2, 0) is 14.4 Å². The van der Waals surface area contributed by atoms with Gasteiger partial charge in [-0.2, -0.15) is 0 Å². The molecule has 0 heterocycles. The van der Waals surface area contributed by atoms with Crippen molar-refractivity contribution in [1.82, 2.24) is 5.32 Å². The summed E-state index contributed by atoms with van der Waals surface area (Å²) < 4.78 is 0. The second-order valence-corrected chi connectivity index (χ2v) is 4.57. The zero-order valence-corrected chi connectivity index (χ0v) is 11.2. The third-order valence-corrected chi connectivity index (χ3v) is 2.78. The van der Waals surface area contributed by atoms with E-state index in [-0.39, 0.29) is 12.8 Å². The smallest absolute Gasteiger partial charge is 0.320 e. The minimum absolute atomic E-state index is 0.0816. The Balaban J connectivity index is 3.61. The Labute approximate surface area is 117 Å². The Morgan fingerprint density at radius 3 is 2.40 bits per heavy atom. The van der Waals surface area contributed by atoms with Crippen molar-refractivity contribution < 1.29 is 29.7 Å². The number of hydrogen-bond donors (Lipinski definition) is 5. The fourth-order valence-corrected chi connectivity index (χ4v) is 1.51. The lowest BCUT2D eigenvalue weighted by molar-refractivity contribution is -0.138. The highest BCUT2D eigenvalue weighted by Gasteiger charge is 2.18. The number of carboxylic acids is 1. The summed E-state index contributed by atoms with van der Waals surface area (Å²) in [4.78, 5) is 31.3. The van der Waals surface area contributed by atoms with Gasteiger partial charge in [-0.1, -0.05) is 6.42 Å². The van der Waals surface area contributed by atoms with Crippen LogP contribution in [0.15, 0.2) is 0 Å². The van der Waals surface area contributed by atoms with E-state index in [1.54, 1.807) is 0 Å². The molecule has 6 N–H and O–H groups in total. The summed E-state index contributed by atoms with van der Waals surface area (Å²) in [7, 11) is 0. The number of ketones is 1. The quantitative estimate of drug-likeness (QED) is 0.120. The van der Waals surface area contributed by atoms with Crippen molar-refractivity contribution in [2.75, 3.05) is 13.1 Å². The number of unbranched alkanes of at least 4 members (excludes halogenated alkanes) is 1. The maximum Gasteiger partial charge on any atom is 0.320 e.